The first kappa shape index (κ1) is 17.4. The lowest BCUT2D eigenvalue weighted by atomic mass is 10.2. The van der Waals surface area contributed by atoms with Crippen LogP contribution in [-0.2, 0) is 4.74 Å². The topological polar surface area (TPSA) is 61.7 Å². The number of hydrogen-bond acceptors (Lipinski definition) is 4. The minimum atomic E-state index is -0.0959. The van der Waals surface area contributed by atoms with Gasteiger partial charge >= 0.3 is 0 Å². The Balaban J connectivity index is 1.91. The molecule has 134 valence electrons. The number of aryl methyl sites for hydroxylation is 1. The summed E-state index contributed by atoms with van der Waals surface area (Å²) in [5.74, 6) is 1.39. The molecular weight excluding hydrogens is 320 g/mol. The second-order valence-electron chi connectivity index (χ2n) is 6.28. The van der Waals surface area contributed by atoms with Gasteiger partial charge in [-0.15, -0.1) is 0 Å². The van der Waals surface area contributed by atoms with Crippen molar-refractivity contribution < 1.29 is 19.0 Å². The van der Waals surface area contributed by atoms with Crippen molar-refractivity contribution in [3.05, 3.63) is 41.2 Å². The van der Waals surface area contributed by atoms with Gasteiger partial charge in [0.25, 0.3) is 5.91 Å². The number of nitrogens with one attached hydrogen (secondary N) is 1. The van der Waals surface area contributed by atoms with Crippen molar-refractivity contribution in [3.8, 4) is 17.2 Å². The quantitative estimate of drug-likeness (QED) is 0.906. The van der Waals surface area contributed by atoms with Gasteiger partial charge in [-0.05, 0) is 39.0 Å². The highest BCUT2D eigenvalue weighted by atomic mass is 16.6. The maximum atomic E-state index is 12.6. The van der Waals surface area contributed by atoms with Gasteiger partial charge in [-0.25, -0.2) is 0 Å². The van der Waals surface area contributed by atoms with E-state index in [0.29, 0.717) is 25.4 Å². The van der Waals surface area contributed by atoms with E-state index in [1.165, 1.54) is 0 Å². The molecule has 1 aromatic heterocycles. The molecule has 1 amide bonds. The molecular formula is C19H24N2O4. The van der Waals surface area contributed by atoms with Crippen LogP contribution in [0.3, 0.4) is 0 Å². The number of rotatable bonds is 5. The summed E-state index contributed by atoms with van der Waals surface area (Å²) in [5.41, 5.74) is 3.48. The first-order valence-corrected chi connectivity index (χ1v) is 8.40. The van der Waals surface area contributed by atoms with E-state index in [-0.39, 0.29) is 11.9 Å². The Hall–Kier alpha value is -2.47. The van der Waals surface area contributed by atoms with Gasteiger partial charge < -0.3 is 24.1 Å². The van der Waals surface area contributed by atoms with Gasteiger partial charge in [0.2, 0.25) is 0 Å². The highest BCUT2D eigenvalue weighted by Crippen LogP contribution is 2.33. The van der Waals surface area contributed by atoms with E-state index in [4.69, 9.17) is 14.2 Å². The van der Waals surface area contributed by atoms with Crippen LogP contribution >= 0.6 is 0 Å². The van der Waals surface area contributed by atoms with E-state index in [0.717, 1.165) is 28.6 Å². The molecule has 0 saturated heterocycles. The van der Waals surface area contributed by atoms with Crippen LogP contribution in [0.25, 0.3) is 5.69 Å². The van der Waals surface area contributed by atoms with Crippen LogP contribution in [0.15, 0.2) is 24.3 Å². The van der Waals surface area contributed by atoms with Crippen molar-refractivity contribution in [3.63, 3.8) is 0 Å². The second kappa shape index (κ2) is 7.19. The SMILES string of the molecule is COCC(C)NC(=O)c1cc(C)n(-c2ccc3c(c2)OCCO3)c1C. The number of benzene rings is 1. The van der Waals surface area contributed by atoms with E-state index in [1.54, 1.807) is 7.11 Å². The number of carbonyl (C=O) groups excluding carboxylic acids is 1. The zero-order valence-electron chi connectivity index (χ0n) is 15.1. The van der Waals surface area contributed by atoms with E-state index in [2.05, 4.69) is 5.32 Å². The molecule has 2 aromatic rings. The first-order chi connectivity index (χ1) is 12.0. The molecule has 1 atom stereocenters. The van der Waals surface area contributed by atoms with Gasteiger partial charge in [0.05, 0.1) is 12.2 Å². The van der Waals surface area contributed by atoms with Gasteiger partial charge in [0, 0.05) is 36.3 Å². The molecule has 0 fully saturated rings. The van der Waals surface area contributed by atoms with Crippen LogP contribution in [0.5, 0.6) is 11.5 Å². The Kier molecular flexibility index (Phi) is 4.99. The average Bonchev–Trinajstić information content (AvgIpc) is 2.89. The number of carbonyl (C=O) groups is 1. The predicted molar refractivity (Wildman–Crippen MR) is 95.0 cm³/mol. The number of amides is 1. The lowest BCUT2D eigenvalue weighted by molar-refractivity contribution is 0.0905. The standard InChI is InChI=1S/C19H24N2O4/c1-12(11-23-4)20-19(22)16-9-13(2)21(14(16)3)15-5-6-17-18(10-15)25-8-7-24-17/h5-6,9-10,12H,7-8,11H2,1-4H3,(H,20,22). The van der Waals surface area contributed by atoms with Gasteiger partial charge in [-0.2, -0.15) is 0 Å². The maximum Gasteiger partial charge on any atom is 0.253 e. The molecule has 0 bridgehead atoms. The second-order valence-corrected chi connectivity index (χ2v) is 6.28. The van der Waals surface area contributed by atoms with Crippen LogP contribution < -0.4 is 14.8 Å². The molecule has 1 aliphatic heterocycles. The largest absolute Gasteiger partial charge is 0.486 e. The number of aromatic nitrogens is 1. The molecule has 0 radical (unpaired) electrons. The number of hydrogen-bond donors (Lipinski definition) is 1. The fraction of sp³-hybridized carbons (Fsp3) is 0.421. The molecule has 1 aromatic carbocycles. The fourth-order valence-electron chi connectivity index (χ4n) is 3.15. The Morgan fingerprint density at radius 1 is 1.24 bits per heavy atom. The molecule has 0 spiro atoms. The molecule has 0 saturated carbocycles. The van der Waals surface area contributed by atoms with Crippen molar-refractivity contribution in [1.82, 2.24) is 9.88 Å². The van der Waals surface area contributed by atoms with Crippen LogP contribution in [0.1, 0.15) is 28.7 Å². The normalized spacial score (nSPS) is 14.2. The molecule has 2 heterocycles. The maximum absolute atomic E-state index is 12.6. The third-order valence-electron chi connectivity index (χ3n) is 4.25. The minimum Gasteiger partial charge on any atom is -0.486 e. The van der Waals surface area contributed by atoms with E-state index in [9.17, 15) is 4.79 Å². The van der Waals surface area contributed by atoms with Crippen molar-refractivity contribution >= 4 is 5.91 Å². The summed E-state index contributed by atoms with van der Waals surface area (Å²) < 4.78 is 18.4. The van der Waals surface area contributed by atoms with Crippen LogP contribution in [0.4, 0.5) is 0 Å². The molecule has 1 aliphatic rings. The molecule has 6 nitrogen and oxygen atoms in total. The van der Waals surface area contributed by atoms with Gasteiger partial charge in [0.1, 0.15) is 13.2 Å². The summed E-state index contributed by atoms with van der Waals surface area (Å²) in [7, 11) is 1.62. The van der Waals surface area contributed by atoms with Gasteiger partial charge in [-0.1, -0.05) is 0 Å². The molecule has 25 heavy (non-hydrogen) atoms. The molecule has 0 aliphatic carbocycles. The lowest BCUT2D eigenvalue weighted by Gasteiger charge is -2.20. The van der Waals surface area contributed by atoms with Crippen LogP contribution in [0, 0.1) is 13.8 Å². The highest BCUT2D eigenvalue weighted by molar-refractivity contribution is 5.96. The smallest absolute Gasteiger partial charge is 0.253 e. The van der Waals surface area contributed by atoms with Gasteiger partial charge in [-0.3, -0.25) is 4.79 Å². The summed E-state index contributed by atoms with van der Waals surface area (Å²) >= 11 is 0. The monoisotopic (exact) mass is 344 g/mol. The summed E-state index contributed by atoms with van der Waals surface area (Å²) in [6.07, 6.45) is 0. The van der Waals surface area contributed by atoms with Crippen molar-refractivity contribution in [2.45, 2.75) is 26.8 Å². The van der Waals surface area contributed by atoms with E-state index in [1.807, 2.05) is 49.6 Å². The fourth-order valence-corrected chi connectivity index (χ4v) is 3.15. The molecule has 6 heteroatoms. The number of fused-ring (bicyclic) bond motifs is 1. The number of methoxy groups -OCH3 is 1. The van der Waals surface area contributed by atoms with E-state index >= 15 is 0 Å². The minimum absolute atomic E-state index is 0.0464. The lowest BCUT2D eigenvalue weighted by Crippen LogP contribution is -2.35. The third kappa shape index (κ3) is 3.49. The summed E-state index contributed by atoms with van der Waals surface area (Å²) in [5, 5.41) is 2.96. The van der Waals surface area contributed by atoms with E-state index < -0.39 is 0 Å². The summed E-state index contributed by atoms with van der Waals surface area (Å²) in [6, 6.07) is 7.69. The molecule has 1 unspecified atom stereocenters. The first-order valence-electron chi connectivity index (χ1n) is 8.40. The zero-order valence-corrected chi connectivity index (χ0v) is 15.1. The van der Waals surface area contributed by atoms with Crippen molar-refractivity contribution in [1.29, 1.82) is 0 Å². The molecule has 3 rings (SSSR count). The summed E-state index contributed by atoms with van der Waals surface area (Å²) in [6.45, 7) is 7.44. The average molecular weight is 344 g/mol. The Morgan fingerprint density at radius 3 is 2.68 bits per heavy atom. The number of ether oxygens (including phenoxy) is 3. The number of nitrogens with zero attached hydrogens (tertiary/aromatic N) is 1. The van der Waals surface area contributed by atoms with Gasteiger partial charge in [0.15, 0.2) is 11.5 Å². The predicted octanol–water partition coefficient (Wildman–Crippen LogP) is 2.63. The van der Waals surface area contributed by atoms with Crippen molar-refractivity contribution in [2.75, 3.05) is 26.9 Å². The Labute approximate surface area is 147 Å². The Bertz CT molecular complexity index is 782. The zero-order chi connectivity index (χ0) is 18.0. The van der Waals surface area contributed by atoms with Crippen molar-refractivity contribution in [2.24, 2.45) is 0 Å². The molecule has 1 N–H and O–H groups in total. The van der Waals surface area contributed by atoms with Crippen LogP contribution in [-0.4, -0.2) is 43.4 Å². The van der Waals surface area contributed by atoms with Crippen LogP contribution in [0.2, 0.25) is 0 Å². The highest BCUT2D eigenvalue weighted by Gasteiger charge is 2.19. The Morgan fingerprint density at radius 2 is 1.96 bits per heavy atom. The summed E-state index contributed by atoms with van der Waals surface area (Å²) in [4.78, 5) is 12.6. The third-order valence-corrected chi connectivity index (χ3v) is 4.25.